The van der Waals surface area contributed by atoms with Crippen molar-refractivity contribution in [2.24, 2.45) is 5.92 Å². The van der Waals surface area contributed by atoms with Gasteiger partial charge in [0.15, 0.2) is 5.82 Å². The molecule has 0 saturated heterocycles. The summed E-state index contributed by atoms with van der Waals surface area (Å²) >= 11 is 0. The first-order valence-electron chi connectivity index (χ1n) is 14.3. The van der Waals surface area contributed by atoms with Crippen LogP contribution in [0.4, 0.5) is 8.78 Å². The molecule has 2 aliphatic rings. The number of hydrogen-bond acceptors (Lipinski definition) is 6. The number of aromatic nitrogens is 4. The Kier molecular flexibility index (Phi) is 7.82. The quantitative estimate of drug-likeness (QED) is 0.236. The van der Waals surface area contributed by atoms with E-state index in [2.05, 4.69) is 19.9 Å². The fourth-order valence-electron chi connectivity index (χ4n) is 6.53. The molecular weight excluding hydrogens is 528 g/mol. The van der Waals surface area contributed by atoms with E-state index in [0.29, 0.717) is 36.4 Å². The molecule has 1 aromatic carbocycles. The Morgan fingerprint density at radius 2 is 1.90 bits per heavy atom. The van der Waals surface area contributed by atoms with Crippen LogP contribution in [-0.2, 0) is 27.9 Å². The molecule has 1 aliphatic heterocycles. The molecule has 8 nitrogen and oxygen atoms in total. The van der Waals surface area contributed by atoms with E-state index in [0.717, 1.165) is 31.2 Å². The van der Waals surface area contributed by atoms with Gasteiger partial charge in [-0.3, -0.25) is 0 Å². The van der Waals surface area contributed by atoms with Crippen LogP contribution in [0.2, 0.25) is 0 Å². The molecule has 1 fully saturated rings. The van der Waals surface area contributed by atoms with Gasteiger partial charge in [-0.15, -0.1) is 5.10 Å². The summed E-state index contributed by atoms with van der Waals surface area (Å²) in [4.78, 5) is 25.6. The van der Waals surface area contributed by atoms with E-state index < -0.39 is 28.7 Å². The van der Waals surface area contributed by atoms with Gasteiger partial charge < -0.3 is 14.7 Å². The number of esters is 1. The number of carbonyl (C=O) groups is 1. The highest BCUT2D eigenvalue weighted by Gasteiger charge is 2.48. The molecule has 0 radical (unpaired) electrons. The molecule has 1 unspecified atom stereocenters. The molecule has 1 saturated carbocycles. The maximum atomic E-state index is 15.3. The molecule has 3 heterocycles. The minimum atomic E-state index is -1.24. The lowest BCUT2D eigenvalue weighted by molar-refractivity contribution is -0.167. The number of hydrogen-bond donors (Lipinski definition) is 1. The highest BCUT2D eigenvalue weighted by Crippen LogP contribution is 2.46. The van der Waals surface area contributed by atoms with Crippen molar-refractivity contribution in [3.63, 3.8) is 0 Å². The van der Waals surface area contributed by atoms with Gasteiger partial charge in [0.1, 0.15) is 28.6 Å². The largest absolute Gasteiger partial charge is 0.512 e. The van der Waals surface area contributed by atoms with Gasteiger partial charge in [-0.1, -0.05) is 26.7 Å². The molecule has 1 aliphatic carbocycles. The van der Waals surface area contributed by atoms with E-state index in [4.69, 9.17) is 11.3 Å². The highest BCUT2D eigenvalue weighted by atomic mass is 19.1. The third kappa shape index (κ3) is 5.30. The van der Waals surface area contributed by atoms with Crippen LogP contribution in [-0.4, -0.2) is 36.3 Å². The summed E-state index contributed by atoms with van der Waals surface area (Å²) in [5, 5.41) is 15.5. The molecule has 5 rings (SSSR count). The Morgan fingerprint density at radius 1 is 1.22 bits per heavy atom. The molecule has 1 atom stereocenters. The normalized spacial score (nSPS) is 20.0. The summed E-state index contributed by atoms with van der Waals surface area (Å²) in [5.74, 6) is -1.38. The fourth-order valence-corrected chi connectivity index (χ4v) is 6.53. The number of ether oxygens (including phenoxy) is 1. The Hall–Kier alpha value is -3.87. The minimum absolute atomic E-state index is 0.00334. The number of aliphatic hydroxyl groups excluding tert-OH is 1. The lowest BCUT2D eigenvalue weighted by Gasteiger charge is -2.41. The summed E-state index contributed by atoms with van der Waals surface area (Å²) in [6.45, 7) is 13.0. The van der Waals surface area contributed by atoms with Gasteiger partial charge in [-0.25, -0.2) is 29.6 Å². The third-order valence-electron chi connectivity index (χ3n) is 8.95. The van der Waals surface area contributed by atoms with E-state index in [-0.39, 0.29) is 42.1 Å². The molecule has 1 N–H and O–H groups in total. The van der Waals surface area contributed by atoms with Crippen LogP contribution in [0, 0.1) is 31.0 Å². The molecule has 10 heteroatoms. The number of aryl methyl sites for hydroxylation is 2. The summed E-state index contributed by atoms with van der Waals surface area (Å²) < 4.78 is 38.2. The van der Waals surface area contributed by atoms with Crippen LogP contribution in [0.1, 0.15) is 87.7 Å². The standard InChI is InChI=1S/C31H35F2N5O3/c1-5-30(6-2,34-4)27-23(32)13-20(14-24(27)33)11-12-31(21-9-7-8-10-21)16-25(39)22(28(40)41-31)15-26-36-29-35-17-19(3)18-38(29)37-26/h13-14,17-18,21,39H,5-12,15-16H2,1-3H3. The second kappa shape index (κ2) is 11.2. The summed E-state index contributed by atoms with van der Waals surface area (Å²) in [5.41, 5.74) is -0.965. The van der Waals surface area contributed by atoms with Crippen LogP contribution in [0.25, 0.3) is 10.6 Å². The lowest BCUT2D eigenvalue weighted by atomic mass is 9.76. The topological polar surface area (TPSA) is 94.0 Å². The monoisotopic (exact) mass is 563 g/mol. The molecule has 41 heavy (non-hydrogen) atoms. The summed E-state index contributed by atoms with van der Waals surface area (Å²) in [6, 6.07) is 2.59. The predicted molar refractivity (Wildman–Crippen MR) is 148 cm³/mol. The number of halogens is 2. The Morgan fingerprint density at radius 3 is 2.51 bits per heavy atom. The van der Waals surface area contributed by atoms with Crippen molar-refractivity contribution >= 4 is 11.7 Å². The summed E-state index contributed by atoms with van der Waals surface area (Å²) in [6.07, 6.45) is 8.42. The first-order chi connectivity index (χ1) is 19.6. The Balaban J connectivity index is 1.40. The van der Waals surface area contributed by atoms with Crippen molar-refractivity contribution in [1.29, 1.82) is 0 Å². The first-order valence-corrected chi connectivity index (χ1v) is 14.3. The predicted octanol–water partition coefficient (Wildman–Crippen LogP) is 6.51. The van der Waals surface area contributed by atoms with Gasteiger partial charge in [0.05, 0.1) is 5.57 Å². The maximum Gasteiger partial charge on any atom is 0.338 e. The second-order valence-corrected chi connectivity index (χ2v) is 11.4. The molecule has 3 aromatic rings. The van der Waals surface area contributed by atoms with Gasteiger partial charge in [0.2, 0.25) is 0 Å². The SMILES string of the molecule is [C-]#[N+]C(CC)(CC)c1c(F)cc(CCC2(C3CCCC3)CC(O)=C(Cc3nc4ncc(C)cn4n3)C(=O)O2)cc1F. The van der Waals surface area contributed by atoms with E-state index in [1.54, 1.807) is 26.2 Å². The van der Waals surface area contributed by atoms with Gasteiger partial charge in [0.25, 0.3) is 11.3 Å². The van der Waals surface area contributed by atoms with Crippen molar-refractivity contribution in [2.75, 3.05) is 0 Å². The van der Waals surface area contributed by atoms with E-state index in [1.807, 2.05) is 6.92 Å². The molecule has 2 aromatic heterocycles. The average Bonchev–Trinajstić information content (AvgIpc) is 3.62. The zero-order chi connectivity index (χ0) is 29.4. The molecular formula is C31H35F2N5O3. The van der Waals surface area contributed by atoms with Crippen LogP contribution in [0.3, 0.4) is 0 Å². The molecule has 0 spiro atoms. The first kappa shape index (κ1) is 28.7. The average molecular weight is 564 g/mol. The highest BCUT2D eigenvalue weighted by molar-refractivity contribution is 5.90. The van der Waals surface area contributed by atoms with Crippen LogP contribution in [0.5, 0.6) is 0 Å². The Bertz CT molecular complexity index is 1530. The van der Waals surface area contributed by atoms with Gasteiger partial charge in [-0.2, -0.15) is 4.98 Å². The summed E-state index contributed by atoms with van der Waals surface area (Å²) in [7, 11) is 0. The number of cyclic esters (lactones) is 1. The number of carbonyl (C=O) groups excluding carboxylic acids is 1. The number of nitrogens with zero attached hydrogens (tertiary/aromatic N) is 5. The van der Waals surface area contributed by atoms with Gasteiger partial charge in [0, 0.05) is 38.1 Å². The minimum Gasteiger partial charge on any atom is -0.512 e. The zero-order valence-corrected chi connectivity index (χ0v) is 23.7. The molecule has 216 valence electrons. The van der Waals surface area contributed by atoms with E-state index in [1.165, 1.54) is 16.6 Å². The van der Waals surface area contributed by atoms with Gasteiger partial charge >= 0.3 is 5.97 Å². The molecule has 0 bridgehead atoms. The lowest BCUT2D eigenvalue weighted by Crippen LogP contribution is -2.46. The second-order valence-electron chi connectivity index (χ2n) is 11.4. The van der Waals surface area contributed by atoms with Crippen molar-refractivity contribution in [3.8, 4) is 0 Å². The number of fused-ring (bicyclic) bond motifs is 1. The van der Waals surface area contributed by atoms with Crippen molar-refractivity contribution in [3.05, 3.63) is 81.4 Å². The number of aliphatic hydroxyl groups is 1. The van der Waals surface area contributed by atoms with Crippen LogP contribution in [0.15, 0.2) is 35.9 Å². The van der Waals surface area contributed by atoms with Crippen molar-refractivity contribution in [1.82, 2.24) is 19.6 Å². The smallest absolute Gasteiger partial charge is 0.338 e. The van der Waals surface area contributed by atoms with Gasteiger partial charge in [-0.05, 0) is 61.8 Å². The van der Waals surface area contributed by atoms with E-state index in [9.17, 15) is 9.90 Å². The number of rotatable bonds is 9. The number of benzene rings is 1. The van der Waals surface area contributed by atoms with E-state index >= 15 is 8.78 Å². The zero-order valence-electron chi connectivity index (χ0n) is 23.7. The van der Waals surface area contributed by atoms with Crippen molar-refractivity contribution in [2.45, 2.75) is 96.1 Å². The third-order valence-corrected chi connectivity index (χ3v) is 8.95. The molecule has 0 amide bonds. The van der Waals surface area contributed by atoms with Crippen LogP contribution >= 0.6 is 0 Å². The Labute approximate surface area is 238 Å². The van der Waals surface area contributed by atoms with Crippen molar-refractivity contribution < 1.29 is 23.4 Å². The maximum absolute atomic E-state index is 15.3. The fraction of sp³-hybridized carbons (Fsp3) is 0.516. The van der Waals surface area contributed by atoms with Crippen LogP contribution < -0.4 is 0 Å².